The van der Waals surface area contributed by atoms with Gasteiger partial charge in [-0.15, -0.1) is 0 Å². The van der Waals surface area contributed by atoms with Gasteiger partial charge in [0, 0.05) is 11.4 Å². The van der Waals surface area contributed by atoms with Crippen molar-refractivity contribution in [3.8, 4) is 0 Å². The smallest absolute Gasteiger partial charge is 0.207 e. The van der Waals surface area contributed by atoms with E-state index >= 15 is 0 Å². The van der Waals surface area contributed by atoms with Crippen LogP contribution in [0.1, 0.15) is 13.3 Å². The van der Waals surface area contributed by atoms with E-state index in [2.05, 4.69) is 20.7 Å². The quantitative estimate of drug-likeness (QED) is 0.848. The Hall–Kier alpha value is -0.460. The molecule has 0 radical (unpaired) electrons. The van der Waals surface area contributed by atoms with Crippen LogP contribution in [0, 0.1) is 5.82 Å². The van der Waals surface area contributed by atoms with Gasteiger partial charge in [0.1, 0.15) is 10.7 Å². The first kappa shape index (κ1) is 13.6. The molecule has 0 amide bonds. The van der Waals surface area contributed by atoms with Crippen LogP contribution in [0.3, 0.4) is 0 Å². The highest BCUT2D eigenvalue weighted by Crippen LogP contribution is 2.14. The topological polar surface area (TPSA) is 46.2 Å². The third-order valence-electron chi connectivity index (χ3n) is 2.13. The van der Waals surface area contributed by atoms with Crippen LogP contribution in [-0.2, 0) is 10.0 Å². The van der Waals surface area contributed by atoms with Gasteiger partial charge >= 0.3 is 0 Å². The summed E-state index contributed by atoms with van der Waals surface area (Å²) >= 11 is 3.20. The second-order valence-electron chi connectivity index (χ2n) is 3.31. The maximum absolute atomic E-state index is 13.3. The molecule has 0 heterocycles. The highest BCUT2D eigenvalue weighted by Gasteiger charge is 2.21. The molecule has 0 fully saturated rings. The van der Waals surface area contributed by atoms with E-state index in [1.54, 1.807) is 0 Å². The van der Waals surface area contributed by atoms with Crippen LogP contribution < -0.4 is 4.72 Å². The van der Waals surface area contributed by atoms with Crippen molar-refractivity contribution >= 4 is 26.0 Å². The van der Waals surface area contributed by atoms with Crippen molar-refractivity contribution in [3.05, 3.63) is 30.1 Å². The van der Waals surface area contributed by atoms with E-state index in [1.807, 2.05) is 6.92 Å². The Bertz CT molecular complexity index is 446. The van der Waals surface area contributed by atoms with Gasteiger partial charge in [-0.2, -0.15) is 0 Å². The monoisotopic (exact) mass is 309 g/mol. The normalized spacial score (nSPS) is 13.7. The maximum atomic E-state index is 13.3. The fourth-order valence-electron chi connectivity index (χ4n) is 1.17. The molecule has 16 heavy (non-hydrogen) atoms. The van der Waals surface area contributed by atoms with E-state index in [0.29, 0.717) is 11.8 Å². The molecule has 3 nitrogen and oxygen atoms in total. The first-order chi connectivity index (χ1) is 7.51. The zero-order valence-electron chi connectivity index (χ0n) is 8.78. The summed E-state index contributed by atoms with van der Waals surface area (Å²) in [6.07, 6.45) is 0.638. The van der Waals surface area contributed by atoms with Gasteiger partial charge in [-0.3, -0.25) is 0 Å². The fraction of sp³-hybridized carbons (Fsp3) is 0.400. The second-order valence-corrected chi connectivity index (χ2v) is 5.64. The van der Waals surface area contributed by atoms with Crippen molar-refractivity contribution in [1.82, 2.24) is 4.72 Å². The Kier molecular flexibility index (Phi) is 4.89. The summed E-state index contributed by atoms with van der Waals surface area (Å²) in [5.74, 6) is -0.737. The third kappa shape index (κ3) is 3.26. The van der Waals surface area contributed by atoms with Crippen molar-refractivity contribution in [2.75, 3.05) is 5.33 Å². The average Bonchev–Trinajstić information content (AvgIpc) is 2.26. The van der Waals surface area contributed by atoms with E-state index in [1.165, 1.54) is 18.2 Å². The fourth-order valence-corrected chi connectivity index (χ4v) is 3.40. The lowest BCUT2D eigenvalue weighted by atomic mass is 10.3. The summed E-state index contributed by atoms with van der Waals surface area (Å²) < 4.78 is 39.4. The Morgan fingerprint density at radius 1 is 1.44 bits per heavy atom. The summed E-state index contributed by atoms with van der Waals surface area (Å²) in [5.41, 5.74) is 0. The van der Waals surface area contributed by atoms with Gasteiger partial charge in [-0.05, 0) is 18.6 Å². The van der Waals surface area contributed by atoms with E-state index in [4.69, 9.17) is 0 Å². The van der Waals surface area contributed by atoms with Gasteiger partial charge in [0.25, 0.3) is 0 Å². The van der Waals surface area contributed by atoms with Gasteiger partial charge in [0.15, 0.2) is 0 Å². The zero-order valence-corrected chi connectivity index (χ0v) is 11.2. The molecule has 1 rings (SSSR count). The first-order valence-electron chi connectivity index (χ1n) is 4.84. The van der Waals surface area contributed by atoms with Gasteiger partial charge in [0.05, 0.1) is 0 Å². The Balaban J connectivity index is 2.99. The van der Waals surface area contributed by atoms with Crippen molar-refractivity contribution in [3.63, 3.8) is 0 Å². The van der Waals surface area contributed by atoms with Crippen molar-refractivity contribution < 1.29 is 12.8 Å². The molecule has 1 atom stereocenters. The summed E-state index contributed by atoms with van der Waals surface area (Å²) in [4.78, 5) is -0.311. The predicted molar refractivity (Wildman–Crippen MR) is 64.6 cm³/mol. The number of rotatable bonds is 5. The molecule has 0 saturated heterocycles. The van der Waals surface area contributed by atoms with Gasteiger partial charge in [0.2, 0.25) is 10.0 Å². The minimum atomic E-state index is -3.77. The van der Waals surface area contributed by atoms with Crippen molar-refractivity contribution in [1.29, 1.82) is 0 Å². The second kappa shape index (κ2) is 5.75. The maximum Gasteiger partial charge on any atom is 0.243 e. The van der Waals surface area contributed by atoms with Crippen molar-refractivity contribution in [2.45, 2.75) is 24.3 Å². The van der Waals surface area contributed by atoms with Crippen LogP contribution in [0.5, 0.6) is 0 Å². The molecular formula is C10H13BrFNO2S. The molecule has 6 heteroatoms. The minimum absolute atomic E-state index is 0.232. The molecule has 1 N–H and O–H groups in total. The molecule has 0 aliphatic carbocycles. The predicted octanol–water partition coefficient (Wildman–Crippen LogP) is 2.28. The first-order valence-corrected chi connectivity index (χ1v) is 7.44. The lowest BCUT2D eigenvalue weighted by molar-refractivity contribution is 0.541. The molecule has 1 aromatic rings. The zero-order chi connectivity index (χ0) is 12.2. The number of halogens is 2. The van der Waals surface area contributed by atoms with Crippen LogP contribution >= 0.6 is 15.9 Å². The minimum Gasteiger partial charge on any atom is -0.207 e. The summed E-state index contributed by atoms with van der Waals surface area (Å²) in [5, 5.41) is 0.497. The highest BCUT2D eigenvalue weighted by atomic mass is 79.9. The van der Waals surface area contributed by atoms with Crippen LogP contribution in [-0.4, -0.2) is 19.8 Å². The number of sulfonamides is 1. The van der Waals surface area contributed by atoms with Crippen LogP contribution in [0.15, 0.2) is 29.2 Å². The summed E-state index contributed by atoms with van der Waals surface area (Å²) in [7, 11) is -3.77. The molecule has 0 aliphatic heterocycles. The molecule has 0 bridgehead atoms. The Labute approximate surface area is 103 Å². The van der Waals surface area contributed by atoms with Gasteiger partial charge in [-0.1, -0.05) is 35.0 Å². The SMILES string of the molecule is CCC(CBr)NS(=O)(=O)c1ccccc1F. The number of hydrogen-bond acceptors (Lipinski definition) is 2. The number of alkyl halides is 1. The van der Waals surface area contributed by atoms with Gasteiger partial charge in [-0.25, -0.2) is 17.5 Å². The van der Waals surface area contributed by atoms with Crippen LogP contribution in [0.25, 0.3) is 0 Å². The largest absolute Gasteiger partial charge is 0.243 e. The summed E-state index contributed by atoms with van der Waals surface area (Å²) in [6, 6.07) is 5.09. The van der Waals surface area contributed by atoms with Crippen LogP contribution in [0.4, 0.5) is 4.39 Å². The average molecular weight is 310 g/mol. The van der Waals surface area contributed by atoms with E-state index in [0.717, 1.165) is 6.07 Å². The molecule has 1 aromatic carbocycles. The molecule has 0 aliphatic rings. The number of hydrogen-bond donors (Lipinski definition) is 1. The lowest BCUT2D eigenvalue weighted by Crippen LogP contribution is -2.35. The lowest BCUT2D eigenvalue weighted by Gasteiger charge is -2.14. The molecular weight excluding hydrogens is 297 g/mol. The Morgan fingerprint density at radius 3 is 2.56 bits per heavy atom. The molecule has 0 spiro atoms. The van der Waals surface area contributed by atoms with Gasteiger partial charge < -0.3 is 0 Å². The van der Waals surface area contributed by atoms with Crippen LogP contribution in [0.2, 0.25) is 0 Å². The highest BCUT2D eigenvalue weighted by molar-refractivity contribution is 9.09. The van der Waals surface area contributed by atoms with E-state index in [9.17, 15) is 12.8 Å². The van der Waals surface area contributed by atoms with E-state index in [-0.39, 0.29) is 10.9 Å². The number of benzene rings is 1. The molecule has 0 saturated carbocycles. The molecule has 1 unspecified atom stereocenters. The Morgan fingerprint density at radius 2 is 2.06 bits per heavy atom. The molecule has 0 aromatic heterocycles. The summed E-state index contributed by atoms with van der Waals surface area (Å²) in [6.45, 7) is 1.86. The standard InChI is InChI=1S/C10H13BrFNO2S/c1-2-8(7-11)13-16(14,15)10-6-4-3-5-9(10)12/h3-6,8,13H,2,7H2,1H3. The van der Waals surface area contributed by atoms with Crippen molar-refractivity contribution in [2.24, 2.45) is 0 Å². The molecule has 90 valence electrons. The number of nitrogens with one attached hydrogen (secondary N) is 1. The third-order valence-corrected chi connectivity index (χ3v) is 4.46. The van der Waals surface area contributed by atoms with E-state index < -0.39 is 15.8 Å².